The molecule has 2 aromatic carbocycles. The first-order valence-corrected chi connectivity index (χ1v) is 12.2. The number of carbonyl (C=O) groups is 1. The predicted molar refractivity (Wildman–Crippen MR) is 122 cm³/mol. The first kappa shape index (κ1) is 23.3. The van der Waals surface area contributed by atoms with Gasteiger partial charge in [-0.05, 0) is 74.1 Å². The van der Waals surface area contributed by atoms with Gasteiger partial charge in [0.15, 0.2) is 0 Å². The number of ether oxygens (including phenoxy) is 1. The first-order valence-electron chi connectivity index (χ1n) is 10.8. The summed E-state index contributed by atoms with van der Waals surface area (Å²) in [6.45, 7) is 6.89. The van der Waals surface area contributed by atoms with E-state index in [1.165, 1.54) is 15.4 Å². The minimum atomic E-state index is -3.57. The number of methoxy groups -OCH3 is 1. The van der Waals surface area contributed by atoms with Crippen molar-refractivity contribution in [3.8, 4) is 5.75 Å². The summed E-state index contributed by atoms with van der Waals surface area (Å²) in [5, 5.41) is 3.18. The van der Waals surface area contributed by atoms with Gasteiger partial charge in [0.05, 0.1) is 18.0 Å². The van der Waals surface area contributed by atoms with Crippen LogP contribution in [-0.2, 0) is 14.8 Å². The Hall–Kier alpha value is -2.38. The van der Waals surface area contributed by atoms with Gasteiger partial charge in [-0.2, -0.15) is 4.31 Å². The number of benzene rings is 2. The Kier molecular flexibility index (Phi) is 7.38. The number of sulfonamides is 1. The quantitative estimate of drug-likeness (QED) is 0.701. The van der Waals surface area contributed by atoms with Crippen molar-refractivity contribution in [3.63, 3.8) is 0 Å². The van der Waals surface area contributed by atoms with Gasteiger partial charge in [0.25, 0.3) is 0 Å². The molecule has 0 aromatic heterocycles. The van der Waals surface area contributed by atoms with Gasteiger partial charge < -0.3 is 10.1 Å². The fraction of sp³-hybridized carbons (Fsp3) is 0.458. The SMILES string of the molecule is CC[C@H](NC(=O)C1CCN(S(=O)(=O)c2ccc(OC)cc2)CC1)c1ccc(C)c(C)c1. The maximum Gasteiger partial charge on any atom is 0.243 e. The molecule has 1 fully saturated rings. The molecule has 1 atom stereocenters. The Balaban J connectivity index is 1.61. The normalized spacial score (nSPS) is 16.6. The van der Waals surface area contributed by atoms with E-state index in [-0.39, 0.29) is 22.8 Å². The Labute approximate surface area is 185 Å². The van der Waals surface area contributed by atoms with Gasteiger partial charge in [-0.15, -0.1) is 0 Å². The van der Waals surface area contributed by atoms with Crippen molar-refractivity contribution in [3.05, 3.63) is 59.2 Å². The summed E-state index contributed by atoms with van der Waals surface area (Å²) >= 11 is 0. The minimum absolute atomic E-state index is 0.00609. The van der Waals surface area contributed by atoms with Gasteiger partial charge in [-0.3, -0.25) is 4.79 Å². The van der Waals surface area contributed by atoms with Gasteiger partial charge in [-0.25, -0.2) is 8.42 Å². The van der Waals surface area contributed by atoms with Crippen LogP contribution in [0.5, 0.6) is 5.75 Å². The second-order valence-electron chi connectivity index (χ2n) is 8.17. The minimum Gasteiger partial charge on any atom is -0.497 e. The van der Waals surface area contributed by atoms with E-state index in [1.54, 1.807) is 31.4 Å². The number of rotatable bonds is 7. The molecule has 0 spiro atoms. The molecule has 1 saturated heterocycles. The molecule has 1 amide bonds. The summed E-state index contributed by atoms with van der Waals surface area (Å²) in [4.78, 5) is 13.1. The molecular formula is C24H32N2O4S. The van der Waals surface area contributed by atoms with E-state index in [1.807, 2.05) is 0 Å². The van der Waals surface area contributed by atoms with Crippen molar-refractivity contribution in [1.82, 2.24) is 9.62 Å². The highest BCUT2D eigenvalue weighted by atomic mass is 32.2. The Bertz CT molecular complexity index is 1010. The Morgan fingerprint density at radius 3 is 2.29 bits per heavy atom. The molecule has 31 heavy (non-hydrogen) atoms. The average Bonchev–Trinajstić information content (AvgIpc) is 2.79. The molecule has 0 unspecified atom stereocenters. The molecule has 1 heterocycles. The molecule has 0 saturated carbocycles. The maximum absolute atomic E-state index is 12.9. The zero-order chi connectivity index (χ0) is 22.6. The molecular weight excluding hydrogens is 412 g/mol. The van der Waals surface area contributed by atoms with Crippen molar-refractivity contribution >= 4 is 15.9 Å². The van der Waals surface area contributed by atoms with E-state index < -0.39 is 10.0 Å². The lowest BCUT2D eigenvalue weighted by molar-refractivity contribution is -0.126. The highest BCUT2D eigenvalue weighted by molar-refractivity contribution is 7.89. The lowest BCUT2D eigenvalue weighted by atomic mass is 9.95. The maximum atomic E-state index is 12.9. The predicted octanol–water partition coefficient (Wildman–Crippen LogP) is 3.98. The molecule has 2 aromatic rings. The third kappa shape index (κ3) is 5.28. The van der Waals surface area contributed by atoms with Crippen LogP contribution in [0.15, 0.2) is 47.4 Å². The average molecular weight is 445 g/mol. The van der Waals surface area contributed by atoms with Crippen LogP contribution in [0, 0.1) is 19.8 Å². The molecule has 0 bridgehead atoms. The molecule has 3 rings (SSSR count). The number of amides is 1. The smallest absolute Gasteiger partial charge is 0.243 e. The fourth-order valence-electron chi connectivity index (χ4n) is 3.95. The van der Waals surface area contributed by atoms with Crippen molar-refractivity contribution < 1.29 is 17.9 Å². The monoisotopic (exact) mass is 444 g/mol. The molecule has 6 nitrogen and oxygen atoms in total. The van der Waals surface area contributed by atoms with Crippen molar-refractivity contribution in [1.29, 1.82) is 0 Å². The van der Waals surface area contributed by atoms with Crippen molar-refractivity contribution in [2.45, 2.75) is 51.0 Å². The van der Waals surface area contributed by atoms with E-state index in [9.17, 15) is 13.2 Å². The topological polar surface area (TPSA) is 75.7 Å². The van der Waals surface area contributed by atoms with E-state index in [0.29, 0.717) is 31.7 Å². The van der Waals surface area contributed by atoms with Crippen molar-refractivity contribution in [2.75, 3.05) is 20.2 Å². The highest BCUT2D eigenvalue weighted by Crippen LogP contribution is 2.27. The van der Waals surface area contributed by atoms with Gasteiger partial charge in [-0.1, -0.05) is 25.1 Å². The standard InChI is InChI=1S/C24H32N2O4S/c1-5-23(20-7-6-17(2)18(3)16-20)25-24(27)19-12-14-26(15-13-19)31(28,29)22-10-8-21(30-4)9-11-22/h6-11,16,19,23H,5,12-15H2,1-4H3,(H,25,27)/t23-/m0/s1. The van der Waals surface area contributed by atoms with E-state index in [4.69, 9.17) is 4.74 Å². The third-order valence-electron chi connectivity index (χ3n) is 6.18. The summed E-state index contributed by atoms with van der Waals surface area (Å²) in [5.74, 6) is 0.443. The summed E-state index contributed by atoms with van der Waals surface area (Å²) in [6, 6.07) is 12.7. The molecule has 7 heteroatoms. The molecule has 0 aliphatic carbocycles. The van der Waals surface area contributed by atoms with Gasteiger partial charge >= 0.3 is 0 Å². The highest BCUT2D eigenvalue weighted by Gasteiger charge is 2.32. The Morgan fingerprint density at radius 2 is 1.74 bits per heavy atom. The molecule has 168 valence electrons. The van der Waals surface area contributed by atoms with Crippen LogP contribution in [0.3, 0.4) is 0 Å². The number of piperidine rings is 1. The van der Waals surface area contributed by atoms with Crippen LogP contribution < -0.4 is 10.1 Å². The first-order chi connectivity index (χ1) is 14.8. The fourth-order valence-corrected chi connectivity index (χ4v) is 5.42. The van der Waals surface area contributed by atoms with Crippen LogP contribution in [0.4, 0.5) is 0 Å². The zero-order valence-electron chi connectivity index (χ0n) is 18.7. The zero-order valence-corrected chi connectivity index (χ0v) is 19.5. The number of aryl methyl sites for hydroxylation is 2. The summed E-state index contributed by atoms with van der Waals surface area (Å²) in [5.41, 5.74) is 3.55. The molecule has 0 radical (unpaired) electrons. The summed E-state index contributed by atoms with van der Waals surface area (Å²) < 4.78 is 32.4. The third-order valence-corrected chi connectivity index (χ3v) is 8.09. The van der Waals surface area contributed by atoms with E-state index >= 15 is 0 Å². The summed E-state index contributed by atoms with van der Waals surface area (Å²) in [6.07, 6.45) is 1.84. The van der Waals surface area contributed by atoms with Gasteiger partial charge in [0, 0.05) is 19.0 Å². The number of nitrogens with zero attached hydrogens (tertiary/aromatic N) is 1. The van der Waals surface area contributed by atoms with Crippen LogP contribution in [-0.4, -0.2) is 38.8 Å². The van der Waals surface area contributed by atoms with Gasteiger partial charge in [0.2, 0.25) is 15.9 Å². The lowest BCUT2D eigenvalue weighted by Gasteiger charge is -2.31. The molecule has 1 N–H and O–H groups in total. The number of hydrogen-bond acceptors (Lipinski definition) is 4. The number of carbonyl (C=O) groups excluding carboxylic acids is 1. The second-order valence-corrected chi connectivity index (χ2v) is 10.1. The Morgan fingerprint density at radius 1 is 1.10 bits per heavy atom. The van der Waals surface area contributed by atoms with Crippen LogP contribution in [0.1, 0.15) is 48.9 Å². The summed E-state index contributed by atoms with van der Waals surface area (Å²) in [7, 11) is -2.03. The molecule has 1 aliphatic heterocycles. The van der Waals surface area contributed by atoms with Crippen LogP contribution in [0.2, 0.25) is 0 Å². The van der Waals surface area contributed by atoms with E-state index in [2.05, 4.69) is 44.3 Å². The number of hydrogen-bond donors (Lipinski definition) is 1. The van der Waals surface area contributed by atoms with Crippen molar-refractivity contribution in [2.24, 2.45) is 5.92 Å². The molecule has 1 aliphatic rings. The second kappa shape index (κ2) is 9.83. The lowest BCUT2D eigenvalue weighted by Crippen LogP contribution is -2.43. The van der Waals surface area contributed by atoms with Crippen LogP contribution >= 0.6 is 0 Å². The van der Waals surface area contributed by atoms with Crippen LogP contribution in [0.25, 0.3) is 0 Å². The number of nitrogens with one attached hydrogen (secondary N) is 1. The largest absolute Gasteiger partial charge is 0.497 e. The van der Waals surface area contributed by atoms with Gasteiger partial charge in [0.1, 0.15) is 5.75 Å². The van der Waals surface area contributed by atoms with E-state index in [0.717, 1.165) is 12.0 Å².